The predicted molar refractivity (Wildman–Crippen MR) is 76.6 cm³/mol. The molecular formula is C16H30O2. The number of ether oxygens (including phenoxy) is 1. The van der Waals surface area contributed by atoms with Crippen LogP contribution in [0.5, 0.6) is 0 Å². The lowest BCUT2D eigenvalue weighted by Gasteiger charge is -2.29. The molecule has 0 saturated carbocycles. The molecule has 0 bridgehead atoms. The third-order valence-electron chi connectivity index (χ3n) is 4.11. The quantitative estimate of drug-likeness (QED) is 0.697. The van der Waals surface area contributed by atoms with Gasteiger partial charge >= 0.3 is 0 Å². The maximum atomic E-state index is 9.85. The van der Waals surface area contributed by atoms with Crippen LogP contribution in [0, 0.1) is 11.8 Å². The molecule has 1 aliphatic heterocycles. The molecule has 4 unspecified atom stereocenters. The molecule has 106 valence electrons. The zero-order valence-corrected chi connectivity index (χ0v) is 12.3. The van der Waals surface area contributed by atoms with Crippen molar-refractivity contribution in [1.29, 1.82) is 0 Å². The Morgan fingerprint density at radius 3 is 2.89 bits per heavy atom. The van der Waals surface area contributed by atoms with Crippen molar-refractivity contribution in [2.75, 3.05) is 6.61 Å². The molecule has 1 fully saturated rings. The van der Waals surface area contributed by atoms with E-state index < -0.39 is 5.60 Å². The third kappa shape index (κ3) is 6.01. The molecule has 1 saturated heterocycles. The van der Waals surface area contributed by atoms with E-state index in [2.05, 4.69) is 20.4 Å². The Kier molecular flexibility index (Phi) is 6.37. The van der Waals surface area contributed by atoms with Gasteiger partial charge in [-0.25, -0.2) is 0 Å². The average Bonchev–Trinajstić information content (AvgIpc) is 2.28. The maximum absolute atomic E-state index is 9.85. The Hall–Kier alpha value is -0.340. The fourth-order valence-corrected chi connectivity index (χ4v) is 2.71. The lowest BCUT2D eigenvalue weighted by Crippen LogP contribution is -2.26. The minimum atomic E-state index is -0.699. The van der Waals surface area contributed by atoms with Crippen LogP contribution in [-0.4, -0.2) is 23.4 Å². The second-order valence-corrected chi connectivity index (χ2v) is 6.42. The highest BCUT2D eigenvalue weighted by atomic mass is 16.5. The van der Waals surface area contributed by atoms with Gasteiger partial charge in [-0.15, -0.1) is 6.58 Å². The second kappa shape index (κ2) is 7.30. The Bertz CT molecular complexity index is 247. The normalized spacial score (nSPS) is 29.6. The minimum Gasteiger partial charge on any atom is -0.386 e. The van der Waals surface area contributed by atoms with E-state index in [1.807, 2.05) is 6.92 Å². The molecule has 2 nitrogen and oxygen atoms in total. The molecule has 0 aromatic rings. The van der Waals surface area contributed by atoms with Crippen molar-refractivity contribution in [2.45, 2.75) is 71.0 Å². The summed E-state index contributed by atoms with van der Waals surface area (Å²) in [5, 5.41) is 9.85. The molecule has 0 aromatic carbocycles. The summed E-state index contributed by atoms with van der Waals surface area (Å²) in [5.41, 5.74) is -0.699. The highest BCUT2D eigenvalue weighted by Gasteiger charge is 2.22. The fourth-order valence-electron chi connectivity index (χ4n) is 2.71. The van der Waals surface area contributed by atoms with Crippen LogP contribution in [0.2, 0.25) is 0 Å². The van der Waals surface area contributed by atoms with E-state index in [1.54, 1.807) is 6.08 Å². The lowest BCUT2D eigenvalue weighted by atomic mass is 9.89. The van der Waals surface area contributed by atoms with E-state index in [1.165, 1.54) is 19.3 Å². The topological polar surface area (TPSA) is 29.5 Å². The summed E-state index contributed by atoms with van der Waals surface area (Å²) in [6.07, 6.45) is 8.73. The van der Waals surface area contributed by atoms with Crippen LogP contribution in [0.25, 0.3) is 0 Å². The first-order valence-electron chi connectivity index (χ1n) is 7.40. The number of hydrogen-bond acceptors (Lipinski definition) is 2. The molecule has 1 aliphatic rings. The molecule has 0 aliphatic carbocycles. The standard InChI is InChI=1S/C16H30O2/c1-5-16(4,17)9-6-7-13(2)11-15-12-14(3)8-10-18-15/h5,13-15,17H,1,6-12H2,2-4H3. The number of rotatable bonds is 7. The SMILES string of the molecule is C=CC(C)(O)CCCC(C)CC1CC(C)CCO1. The molecule has 0 radical (unpaired) electrons. The molecule has 1 N–H and O–H groups in total. The summed E-state index contributed by atoms with van der Waals surface area (Å²) < 4.78 is 5.82. The first kappa shape index (κ1) is 15.7. The number of hydrogen-bond donors (Lipinski definition) is 1. The summed E-state index contributed by atoms with van der Waals surface area (Å²) in [7, 11) is 0. The van der Waals surface area contributed by atoms with Gasteiger partial charge in [0, 0.05) is 6.61 Å². The van der Waals surface area contributed by atoms with E-state index in [4.69, 9.17) is 4.74 Å². The van der Waals surface area contributed by atoms with Gasteiger partial charge in [0.2, 0.25) is 0 Å². The lowest BCUT2D eigenvalue weighted by molar-refractivity contribution is -0.0177. The largest absolute Gasteiger partial charge is 0.386 e. The summed E-state index contributed by atoms with van der Waals surface area (Å²) in [6, 6.07) is 0. The molecule has 2 heteroatoms. The molecule has 0 spiro atoms. The second-order valence-electron chi connectivity index (χ2n) is 6.42. The number of aliphatic hydroxyl groups is 1. The van der Waals surface area contributed by atoms with Gasteiger partial charge < -0.3 is 9.84 Å². The van der Waals surface area contributed by atoms with Gasteiger partial charge in [0.25, 0.3) is 0 Å². The zero-order chi connectivity index (χ0) is 13.6. The molecular weight excluding hydrogens is 224 g/mol. The molecule has 0 aromatic heterocycles. The van der Waals surface area contributed by atoms with Gasteiger partial charge in [0.05, 0.1) is 11.7 Å². The third-order valence-corrected chi connectivity index (χ3v) is 4.11. The van der Waals surface area contributed by atoms with Crippen LogP contribution < -0.4 is 0 Å². The van der Waals surface area contributed by atoms with Crippen LogP contribution in [0.3, 0.4) is 0 Å². The van der Waals surface area contributed by atoms with Gasteiger partial charge in [-0.2, -0.15) is 0 Å². The van der Waals surface area contributed by atoms with Crippen molar-refractivity contribution in [3.63, 3.8) is 0 Å². The van der Waals surface area contributed by atoms with Crippen molar-refractivity contribution in [3.05, 3.63) is 12.7 Å². The molecule has 1 heterocycles. The van der Waals surface area contributed by atoms with Crippen molar-refractivity contribution >= 4 is 0 Å². The maximum Gasteiger partial charge on any atom is 0.0797 e. The smallest absolute Gasteiger partial charge is 0.0797 e. The first-order chi connectivity index (χ1) is 8.43. The Balaban J connectivity index is 2.17. The van der Waals surface area contributed by atoms with Crippen LogP contribution in [0.4, 0.5) is 0 Å². The summed E-state index contributed by atoms with van der Waals surface area (Å²) in [5.74, 6) is 1.50. The summed E-state index contributed by atoms with van der Waals surface area (Å²) in [6.45, 7) is 11.0. The predicted octanol–water partition coefficient (Wildman–Crippen LogP) is 3.94. The molecule has 1 rings (SSSR count). The minimum absolute atomic E-state index is 0.462. The molecule has 4 atom stereocenters. The van der Waals surface area contributed by atoms with Crippen LogP contribution in [-0.2, 0) is 4.74 Å². The highest BCUT2D eigenvalue weighted by Crippen LogP contribution is 2.26. The Morgan fingerprint density at radius 1 is 1.56 bits per heavy atom. The summed E-state index contributed by atoms with van der Waals surface area (Å²) >= 11 is 0. The summed E-state index contributed by atoms with van der Waals surface area (Å²) in [4.78, 5) is 0. The highest BCUT2D eigenvalue weighted by molar-refractivity contribution is 4.91. The molecule has 0 amide bonds. The average molecular weight is 254 g/mol. The van der Waals surface area contributed by atoms with Gasteiger partial charge in [0.15, 0.2) is 0 Å². The van der Waals surface area contributed by atoms with E-state index in [-0.39, 0.29) is 0 Å². The fraction of sp³-hybridized carbons (Fsp3) is 0.875. The van der Waals surface area contributed by atoms with Crippen LogP contribution >= 0.6 is 0 Å². The van der Waals surface area contributed by atoms with Gasteiger partial charge in [-0.05, 0) is 44.4 Å². The van der Waals surface area contributed by atoms with Gasteiger partial charge in [-0.1, -0.05) is 32.8 Å². The molecule has 18 heavy (non-hydrogen) atoms. The monoisotopic (exact) mass is 254 g/mol. The van der Waals surface area contributed by atoms with Crippen molar-refractivity contribution in [2.24, 2.45) is 11.8 Å². The van der Waals surface area contributed by atoms with Gasteiger partial charge in [-0.3, -0.25) is 0 Å². The van der Waals surface area contributed by atoms with Crippen LogP contribution in [0.15, 0.2) is 12.7 Å². The van der Waals surface area contributed by atoms with Crippen molar-refractivity contribution < 1.29 is 9.84 Å². The van der Waals surface area contributed by atoms with E-state index in [0.717, 1.165) is 31.8 Å². The van der Waals surface area contributed by atoms with E-state index in [0.29, 0.717) is 12.0 Å². The Labute approximate surface area is 112 Å². The zero-order valence-electron chi connectivity index (χ0n) is 12.3. The van der Waals surface area contributed by atoms with E-state index in [9.17, 15) is 5.11 Å². The van der Waals surface area contributed by atoms with E-state index >= 15 is 0 Å². The van der Waals surface area contributed by atoms with Crippen molar-refractivity contribution in [1.82, 2.24) is 0 Å². The van der Waals surface area contributed by atoms with Crippen molar-refractivity contribution in [3.8, 4) is 0 Å². The first-order valence-corrected chi connectivity index (χ1v) is 7.40. The Morgan fingerprint density at radius 2 is 2.28 bits per heavy atom. The van der Waals surface area contributed by atoms with Crippen LogP contribution in [0.1, 0.15) is 59.3 Å². The van der Waals surface area contributed by atoms with Gasteiger partial charge in [0.1, 0.15) is 0 Å².